The smallest absolute Gasteiger partial charge is 0.455 e. The summed E-state index contributed by atoms with van der Waals surface area (Å²) in [7, 11) is -0.0978. The third-order valence-corrected chi connectivity index (χ3v) is 6.65. The molecule has 0 radical (unpaired) electrons. The van der Waals surface area contributed by atoms with Crippen LogP contribution in [0, 0.1) is 5.92 Å². The number of hydrogen-bond donors (Lipinski definition) is 7. The number of aromatic carboxylic acids is 1. The van der Waals surface area contributed by atoms with Crippen LogP contribution in [0.3, 0.4) is 0 Å². The quantitative estimate of drug-likeness (QED) is 0.162. The van der Waals surface area contributed by atoms with E-state index < -0.39 is 36.1 Å². The van der Waals surface area contributed by atoms with Crippen molar-refractivity contribution in [3.05, 3.63) is 23.3 Å². The number of likely N-dealkylation sites (N-methyl/N-ethyl adjacent to an activating group) is 1. The SMILES string of the molecule is CNC(=O)CNC(=O)[C@](C)(N)CN1CC(Oc2ccc(C[C@H](CC3CC3)B(O)O)c(O)c2C(=O)O)C1. The van der Waals surface area contributed by atoms with E-state index in [2.05, 4.69) is 10.6 Å². The lowest BCUT2D eigenvalue weighted by Crippen LogP contribution is -2.64. The fourth-order valence-corrected chi connectivity index (χ4v) is 4.35. The first-order valence-corrected chi connectivity index (χ1v) is 12.0. The van der Waals surface area contributed by atoms with E-state index in [-0.39, 0.29) is 42.8 Å². The molecule has 3 rings (SSSR count). The molecule has 2 aliphatic rings. The van der Waals surface area contributed by atoms with Gasteiger partial charge in [-0.05, 0) is 43.1 Å². The lowest BCUT2D eigenvalue weighted by Gasteiger charge is -2.42. The van der Waals surface area contributed by atoms with Gasteiger partial charge in [0.1, 0.15) is 28.7 Å². The predicted octanol–water partition coefficient (Wildman–Crippen LogP) is -1.08. The fraction of sp³-hybridized carbons (Fsp3) is 0.609. The second-order valence-electron chi connectivity index (χ2n) is 10.0. The fourth-order valence-electron chi connectivity index (χ4n) is 4.35. The molecule has 8 N–H and O–H groups in total. The van der Waals surface area contributed by atoms with Crippen molar-refractivity contribution >= 4 is 24.9 Å². The van der Waals surface area contributed by atoms with Gasteiger partial charge in [-0.1, -0.05) is 18.9 Å². The van der Waals surface area contributed by atoms with Crippen molar-refractivity contribution in [1.82, 2.24) is 15.5 Å². The molecular formula is C23H35BN4O8. The Balaban J connectivity index is 1.59. The summed E-state index contributed by atoms with van der Waals surface area (Å²) >= 11 is 0. The van der Waals surface area contributed by atoms with E-state index in [1.54, 1.807) is 13.0 Å². The number of carbonyl (C=O) groups is 3. The van der Waals surface area contributed by atoms with Crippen LogP contribution < -0.4 is 21.1 Å². The molecule has 0 unspecified atom stereocenters. The Labute approximate surface area is 209 Å². The van der Waals surface area contributed by atoms with Gasteiger partial charge in [0.05, 0.1) is 6.54 Å². The molecule has 36 heavy (non-hydrogen) atoms. The van der Waals surface area contributed by atoms with Gasteiger partial charge in [0.15, 0.2) is 0 Å². The number of hydrogen-bond acceptors (Lipinski definition) is 9. The predicted molar refractivity (Wildman–Crippen MR) is 131 cm³/mol. The normalized spacial score (nSPS) is 18.5. The zero-order valence-electron chi connectivity index (χ0n) is 20.6. The van der Waals surface area contributed by atoms with Crippen LogP contribution in [0.1, 0.15) is 42.1 Å². The molecule has 2 fully saturated rings. The van der Waals surface area contributed by atoms with E-state index in [0.29, 0.717) is 31.0 Å². The lowest BCUT2D eigenvalue weighted by molar-refractivity contribution is -0.130. The molecule has 12 nitrogen and oxygen atoms in total. The first kappa shape index (κ1) is 27.7. The number of likely N-dealkylation sites (tertiary alicyclic amines) is 1. The Morgan fingerprint density at radius 3 is 2.50 bits per heavy atom. The molecule has 0 spiro atoms. The lowest BCUT2D eigenvalue weighted by atomic mass is 9.67. The highest BCUT2D eigenvalue weighted by molar-refractivity contribution is 6.43. The van der Waals surface area contributed by atoms with Gasteiger partial charge in [0.25, 0.3) is 0 Å². The van der Waals surface area contributed by atoms with E-state index in [1.165, 1.54) is 13.1 Å². The zero-order chi connectivity index (χ0) is 26.6. The number of phenols is 1. The number of aromatic hydroxyl groups is 1. The highest BCUT2D eigenvalue weighted by Gasteiger charge is 2.38. The van der Waals surface area contributed by atoms with Crippen molar-refractivity contribution in [2.75, 3.05) is 33.2 Å². The molecular weight excluding hydrogens is 471 g/mol. The van der Waals surface area contributed by atoms with Gasteiger partial charge >= 0.3 is 13.1 Å². The van der Waals surface area contributed by atoms with Gasteiger partial charge in [-0.25, -0.2) is 4.79 Å². The zero-order valence-corrected chi connectivity index (χ0v) is 20.6. The van der Waals surface area contributed by atoms with Gasteiger partial charge < -0.3 is 41.4 Å². The Bertz CT molecular complexity index is 979. The number of nitrogens with zero attached hydrogens (tertiary/aromatic N) is 1. The number of nitrogens with two attached hydrogens (primary N) is 1. The molecule has 1 saturated heterocycles. The monoisotopic (exact) mass is 506 g/mol. The minimum absolute atomic E-state index is 0.00974. The highest BCUT2D eigenvalue weighted by Crippen LogP contribution is 2.41. The van der Waals surface area contributed by atoms with E-state index in [4.69, 9.17) is 10.5 Å². The Morgan fingerprint density at radius 2 is 1.94 bits per heavy atom. The van der Waals surface area contributed by atoms with Crippen LogP contribution in [0.5, 0.6) is 11.5 Å². The van der Waals surface area contributed by atoms with E-state index in [0.717, 1.165) is 12.8 Å². The van der Waals surface area contributed by atoms with Gasteiger partial charge in [0, 0.05) is 26.7 Å². The maximum atomic E-state index is 12.3. The molecule has 1 heterocycles. The Kier molecular flexibility index (Phi) is 8.82. The summed E-state index contributed by atoms with van der Waals surface area (Å²) in [6.07, 6.45) is 2.42. The number of carboxylic acids is 1. The third-order valence-electron chi connectivity index (χ3n) is 6.65. The summed E-state index contributed by atoms with van der Waals surface area (Å²) < 4.78 is 5.83. The topological polar surface area (TPSA) is 195 Å². The molecule has 0 aromatic heterocycles. The third kappa shape index (κ3) is 7.09. The van der Waals surface area contributed by atoms with Crippen LogP contribution in [0.4, 0.5) is 0 Å². The van der Waals surface area contributed by atoms with E-state index in [1.807, 2.05) is 4.90 Å². The molecule has 1 aliphatic carbocycles. The first-order valence-electron chi connectivity index (χ1n) is 12.0. The van der Waals surface area contributed by atoms with Crippen molar-refractivity contribution in [2.45, 2.75) is 50.1 Å². The van der Waals surface area contributed by atoms with E-state index in [9.17, 15) is 34.6 Å². The van der Waals surface area contributed by atoms with Crippen LogP contribution in [-0.4, -0.2) is 94.9 Å². The average Bonchev–Trinajstić information content (AvgIpc) is 3.60. The van der Waals surface area contributed by atoms with Gasteiger partial charge in [-0.15, -0.1) is 0 Å². The summed E-state index contributed by atoms with van der Waals surface area (Å²) in [5.41, 5.74) is 4.81. The minimum atomic E-state index is -1.56. The van der Waals surface area contributed by atoms with Crippen LogP contribution in [0.15, 0.2) is 12.1 Å². The maximum Gasteiger partial charge on any atom is 0.455 e. The second-order valence-corrected chi connectivity index (χ2v) is 10.0. The summed E-state index contributed by atoms with van der Waals surface area (Å²) in [6, 6.07) is 3.02. The van der Waals surface area contributed by atoms with Crippen molar-refractivity contribution in [1.29, 1.82) is 0 Å². The van der Waals surface area contributed by atoms with Crippen LogP contribution >= 0.6 is 0 Å². The summed E-state index contributed by atoms with van der Waals surface area (Å²) in [4.78, 5) is 37.4. The molecule has 0 bridgehead atoms. The molecule has 198 valence electrons. The second kappa shape index (κ2) is 11.5. The van der Waals surface area contributed by atoms with Gasteiger partial charge in [0.2, 0.25) is 11.8 Å². The van der Waals surface area contributed by atoms with Crippen molar-refractivity contribution in [3.8, 4) is 11.5 Å². The molecule has 1 aromatic rings. The molecule has 2 atom stereocenters. The van der Waals surface area contributed by atoms with Crippen LogP contribution in [-0.2, 0) is 16.0 Å². The number of carbonyl (C=O) groups excluding carboxylic acids is 2. The number of nitrogens with one attached hydrogen (secondary N) is 2. The number of benzene rings is 1. The molecule has 1 saturated carbocycles. The average molecular weight is 506 g/mol. The van der Waals surface area contributed by atoms with Crippen LogP contribution in [0.25, 0.3) is 0 Å². The summed E-state index contributed by atoms with van der Waals surface area (Å²) in [6.45, 7) is 2.35. The standard InChI is InChI=1S/C23H35BN4O8/c1-23(25,22(33)27-9-18(29)26-2)12-28-10-16(11-28)36-17-6-5-14(20(30)19(17)21(31)32)8-15(24(34)35)7-13-3-4-13/h5-6,13,15-16,30,34-35H,3-4,7-12,25H2,1-2H3,(H,26,29)(H,27,33)(H,31,32)/t15-,23+/m0/s1. The minimum Gasteiger partial charge on any atom is -0.507 e. The molecule has 13 heteroatoms. The number of carboxylic acid groups (broad SMARTS) is 1. The number of ether oxygens (including phenoxy) is 1. The Morgan fingerprint density at radius 1 is 1.28 bits per heavy atom. The molecule has 1 aromatic carbocycles. The van der Waals surface area contributed by atoms with E-state index >= 15 is 0 Å². The highest BCUT2D eigenvalue weighted by atomic mass is 16.5. The summed E-state index contributed by atoms with van der Waals surface area (Å²) in [5, 5.41) is 44.7. The van der Waals surface area contributed by atoms with Crippen molar-refractivity contribution in [3.63, 3.8) is 0 Å². The van der Waals surface area contributed by atoms with Crippen molar-refractivity contribution < 1.29 is 39.4 Å². The Hall–Kier alpha value is -2.87. The van der Waals surface area contributed by atoms with Gasteiger partial charge in [-0.2, -0.15) is 0 Å². The summed E-state index contributed by atoms with van der Waals surface area (Å²) in [5.74, 6) is -2.68. The first-order chi connectivity index (χ1) is 16.9. The maximum absolute atomic E-state index is 12.3. The number of rotatable bonds is 13. The van der Waals surface area contributed by atoms with Gasteiger partial charge in [-0.3, -0.25) is 14.5 Å². The molecule has 1 aliphatic heterocycles. The largest absolute Gasteiger partial charge is 0.507 e. The van der Waals surface area contributed by atoms with Crippen molar-refractivity contribution in [2.24, 2.45) is 11.7 Å². The van der Waals surface area contributed by atoms with Crippen LogP contribution in [0.2, 0.25) is 5.82 Å². The molecule has 2 amide bonds. The number of amides is 2.